The summed E-state index contributed by atoms with van der Waals surface area (Å²) in [5, 5.41) is 10.8. The van der Waals surface area contributed by atoms with E-state index in [4.69, 9.17) is 4.52 Å². The third-order valence-electron chi connectivity index (χ3n) is 5.16. The molecule has 2 N–H and O–H groups in total. The van der Waals surface area contributed by atoms with Gasteiger partial charge in [0.2, 0.25) is 0 Å². The fraction of sp³-hybridized carbons (Fsp3) is 0.529. The molecule has 3 heterocycles. The highest BCUT2D eigenvalue weighted by Crippen LogP contribution is 2.39. The van der Waals surface area contributed by atoms with E-state index in [9.17, 15) is 0 Å². The summed E-state index contributed by atoms with van der Waals surface area (Å²) >= 11 is 0. The Hall–Kier alpha value is -1.92. The molecule has 0 unspecified atom stereocenters. The van der Waals surface area contributed by atoms with Crippen molar-refractivity contribution in [1.82, 2.24) is 20.4 Å². The first-order chi connectivity index (χ1) is 11.4. The van der Waals surface area contributed by atoms with E-state index >= 15 is 0 Å². The Bertz CT molecular complexity index is 724. The molecule has 1 aliphatic carbocycles. The first-order valence-corrected chi connectivity index (χ1v) is 8.55. The third-order valence-corrected chi connectivity index (χ3v) is 5.16. The maximum Gasteiger partial charge on any atom is 0.325 e. The van der Waals surface area contributed by atoms with Crippen LogP contribution in [0.25, 0.3) is 0 Å². The Kier molecular flexibility index (Phi) is 3.12. The Labute approximate surface area is 135 Å². The summed E-state index contributed by atoms with van der Waals surface area (Å²) in [6, 6.07) is 7.63. The van der Waals surface area contributed by atoms with Gasteiger partial charge in [-0.1, -0.05) is 11.2 Å². The average molecular weight is 311 g/mol. The van der Waals surface area contributed by atoms with Crippen LogP contribution in [-0.4, -0.2) is 41.2 Å². The minimum atomic E-state index is 0.503. The van der Waals surface area contributed by atoms with Gasteiger partial charge in [0.1, 0.15) is 0 Å². The van der Waals surface area contributed by atoms with E-state index in [2.05, 4.69) is 43.9 Å². The second-order valence-corrected chi connectivity index (χ2v) is 6.78. The van der Waals surface area contributed by atoms with Crippen molar-refractivity contribution in [3.05, 3.63) is 35.2 Å². The number of rotatable bonds is 3. The summed E-state index contributed by atoms with van der Waals surface area (Å²) in [6.07, 6.45) is 3.48. The lowest BCUT2D eigenvalue weighted by Crippen LogP contribution is -2.48. The summed E-state index contributed by atoms with van der Waals surface area (Å²) in [5.74, 6) is 1.36. The van der Waals surface area contributed by atoms with Crippen LogP contribution in [-0.2, 0) is 6.42 Å². The fourth-order valence-electron chi connectivity index (χ4n) is 3.73. The van der Waals surface area contributed by atoms with Gasteiger partial charge in [0.05, 0.1) is 0 Å². The molecule has 2 aliphatic heterocycles. The monoisotopic (exact) mass is 311 g/mol. The molecule has 6 nitrogen and oxygen atoms in total. The van der Waals surface area contributed by atoms with Gasteiger partial charge in [-0.05, 0) is 42.5 Å². The molecule has 1 aromatic carbocycles. The highest BCUT2D eigenvalue weighted by atomic mass is 16.5. The van der Waals surface area contributed by atoms with Crippen molar-refractivity contribution >= 4 is 11.7 Å². The maximum absolute atomic E-state index is 5.31. The van der Waals surface area contributed by atoms with Crippen molar-refractivity contribution in [2.75, 3.05) is 31.5 Å². The van der Waals surface area contributed by atoms with Crippen molar-refractivity contribution in [3.8, 4) is 0 Å². The topological polar surface area (TPSA) is 66.2 Å². The number of fused-ring (bicyclic) bond motifs is 3. The highest BCUT2D eigenvalue weighted by molar-refractivity contribution is 5.56. The summed E-state index contributed by atoms with van der Waals surface area (Å²) in [4.78, 5) is 7.03. The molecule has 1 saturated carbocycles. The average Bonchev–Trinajstić information content (AvgIpc) is 3.34. The fourth-order valence-corrected chi connectivity index (χ4v) is 3.73. The number of hydrogen-bond acceptors (Lipinski definition) is 6. The second-order valence-electron chi connectivity index (χ2n) is 6.78. The minimum absolute atomic E-state index is 0.503. The van der Waals surface area contributed by atoms with Crippen LogP contribution in [0.15, 0.2) is 22.7 Å². The van der Waals surface area contributed by atoms with Gasteiger partial charge in [-0.15, -0.1) is 0 Å². The van der Waals surface area contributed by atoms with Gasteiger partial charge in [0, 0.05) is 43.8 Å². The number of benzene rings is 1. The molecule has 2 aromatic rings. The molecule has 0 radical (unpaired) electrons. The Morgan fingerprint density at radius 3 is 3.13 bits per heavy atom. The molecule has 3 aliphatic rings. The molecule has 1 aromatic heterocycles. The van der Waals surface area contributed by atoms with E-state index in [-0.39, 0.29) is 0 Å². The van der Waals surface area contributed by atoms with Crippen molar-refractivity contribution in [2.24, 2.45) is 0 Å². The highest BCUT2D eigenvalue weighted by Gasteiger charge is 2.30. The molecule has 6 heteroatoms. The van der Waals surface area contributed by atoms with Crippen LogP contribution in [0.5, 0.6) is 0 Å². The zero-order valence-electron chi connectivity index (χ0n) is 13.1. The zero-order valence-corrected chi connectivity index (χ0v) is 13.1. The molecule has 23 heavy (non-hydrogen) atoms. The normalized spacial score (nSPS) is 24.1. The molecule has 120 valence electrons. The van der Waals surface area contributed by atoms with Gasteiger partial charge >= 0.3 is 6.01 Å². The Morgan fingerprint density at radius 1 is 1.26 bits per heavy atom. The molecule has 5 rings (SSSR count). The summed E-state index contributed by atoms with van der Waals surface area (Å²) in [7, 11) is 0. The van der Waals surface area contributed by atoms with Crippen LogP contribution < -0.4 is 10.6 Å². The largest absolute Gasteiger partial charge is 0.325 e. The zero-order chi connectivity index (χ0) is 15.2. The third kappa shape index (κ3) is 2.52. The Balaban J connectivity index is 1.37. The van der Waals surface area contributed by atoms with Gasteiger partial charge in [0.15, 0.2) is 5.82 Å². The lowest BCUT2D eigenvalue weighted by Gasteiger charge is -2.41. The van der Waals surface area contributed by atoms with Gasteiger partial charge in [-0.3, -0.25) is 4.90 Å². The van der Waals surface area contributed by atoms with Crippen molar-refractivity contribution in [3.63, 3.8) is 0 Å². The summed E-state index contributed by atoms with van der Waals surface area (Å²) in [6.45, 7) is 4.45. The lowest BCUT2D eigenvalue weighted by atomic mass is 9.91. The van der Waals surface area contributed by atoms with Gasteiger partial charge in [0.25, 0.3) is 0 Å². The first-order valence-electron chi connectivity index (χ1n) is 8.55. The minimum Gasteiger partial charge on any atom is -0.315 e. The van der Waals surface area contributed by atoms with Crippen LogP contribution >= 0.6 is 0 Å². The van der Waals surface area contributed by atoms with Gasteiger partial charge in [-0.2, -0.15) is 4.98 Å². The number of nitrogens with zero attached hydrogens (tertiary/aromatic N) is 3. The Morgan fingerprint density at radius 2 is 2.22 bits per heavy atom. The first kappa shape index (κ1) is 13.5. The maximum atomic E-state index is 5.31. The number of nitrogens with one attached hydrogen (secondary N) is 2. The quantitative estimate of drug-likeness (QED) is 0.906. The van der Waals surface area contributed by atoms with Gasteiger partial charge < -0.3 is 15.2 Å². The van der Waals surface area contributed by atoms with Crippen LogP contribution in [0, 0.1) is 0 Å². The van der Waals surface area contributed by atoms with Crippen molar-refractivity contribution in [2.45, 2.75) is 31.2 Å². The molecule has 0 amide bonds. The van der Waals surface area contributed by atoms with E-state index in [1.807, 2.05) is 0 Å². The van der Waals surface area contributed by atoms with E-state index in [1.165, 1.54) is 24.0 Å². The number of hydrogen-bond donors (Lipinski definition) is 2. The van der Waals surface area contributed by atoms with E-state index < -0.39 is 0 Å². The van der Waals surface area contributed by atoms with Crippen LogP contribution in [0.4, 0.5) is 11.7 Å². The number of piperazine rings is 1. The number of anilines is 2. The van der Waals surface area contributed by atoms with E-state index in [1.54, 1.807) is 0 Å². The lowest BCUT2D eigenvalue weighted by molar-refractivity contribution is 0.152. The summed E-state index contributed by atoms with van der Waals surface area (Å²) in [5.41, 5.74) is 3.92. The SMILES string of the molecule is c1cc2c(cc1Nc1nc(C3CC3)no1)CCN1CCNC[C@@H]21. The molecule has 1 saturated heterocycles. The van der Waals surface area contributed by atoms with Crippen molar-refractivity contribution in [1.29, 1.82) is 0 Å². The molecular formula is C17H21N5O. The van der Waals surface area contributed by atoms with E-state index in [0.717, 1.165) is 44.1 Å². The van der Waals surface area contributed by atoms with Crippen LogP contribution in [0.1, 0.15) is 41.8 Å². The molecule has 0 bridgehead atoms. The predicted octanol–water partition coefficient (Wildman–Crippen LogP) is 2.19. The van der Waals surface area contributed by atoms with Crippen LogP contribution in [0.2, 0.25) is 0 Å². The molecule has 2 fully saturated rings. The smallest absolute Gasteiger partial charge is 0.315 e. The molecule has 0 spiro atoms. The summed E-state index contributed by atoms with van der Waals surface area (Å²) < 4.78 is 5.31. The van der Waals surface area contributed by atoms with Gasteiger partial charge in [-0.25, -0.2) is 0 Å². The van der Waals surface area contributed by atoms with E-state index in [0.29, 0.717) is 18.0 Å². The number of aromatic nitrogens is 2. The van der Waals surface area contributed by atoms with Crippen molar-refractivity contribution < 1.29 is 4.52 Å². The molecular weight excluding hydrogens is 290 g/mol. The second kappa shape index (κ2) is 5.32. The standard InChI is InChI=1S/C17H21N5O/c1-2-11(1)16-20-17(23-21-16)19-13-3-4-14-12(9-13)5-7-22-8-6-18-10-15(14)22/h3-4,9,11,15,18H,1-2,5-8,10H2,(H,19,20,21)/t15-/m0/s1. The molecule has 1 atom stereocenters. The predicted molar refractivity (Wildman–Crippen MR) is 86.9 cm³/mol. The van der Waals surface area contributed by atoms with Crippen LogP contribution in [0.3, 0.4) is 0 Å².